The molecule has 0 saturated carbocycles. The van der Waals surface area contributed by atoms with Gasteiger partial charge in [-0.2, -0.15) is 4.31 Å². The molecular weight excluding hydrogens is 464 g/mol. The summed E-state index contributed by atoms with van der Waals surface area (Å²) >= 11 is 0. The molecule has 3 aromatic heterocycles. The minimum Gasteiger partial charge on any atom is -0.390 e. The van der Waals surface area contributed by atoms with E-state index in [4.69, 9.17) is 0 Å². The molecule has 0 bridgehead atoms. The summed E-state index contributed by atoms with van der Waals surface area (Å²) in [6.07, 6.45) is 6.47. The number of β-amino-alcohol motifs (C(OH)–C–C–N with tert-alkyl or cyclic N) is 1. The molecule has 0 amide bonds. The number of hydrogen-bond donors (Lipinski definition) is 3. The molecule has 0 spiro atoms. The summed E-state index contributed by atoms with van der Waals surface area (Å²) in [6, 6.07) is 14.1. The number of aliphatic hydroxyl groups excluding tert-OH is 1. The Balaban J connectivity index is 1.28. The molecule has 180 valence electrons. The van der Waals surface area contributed by atoms with E-state index in [1.165, 1.54) is 4.31 Å². The average molecular weight is 491 g/mol. The predicted molar refractivity (Wildman–Crippen MR) is 133 cm³/mol. The highest BCUT2D eigenvalue weighted by atomic mass is 32.2. The van der Waals surface area contributed by atoms with Crippen LogP contribution in [0.4, 0.5) is 5.82 Å². The van der Waals surface area contributed by atoms with Crippen LogP contribution in [0.5, 0.6) is 0 Å². The van der Waals surface area contributed by atoms with E-state index in [0.717, 1.165) is 16.7 Å². The number of nitrogens with one attached hydrogen (secondary N) is 2. The Bertz CT molecular complexity index is 1390. The third-order valence-corrected chi connectivity index (χ3v) is 7.99. The molecule has 4 aromatic rings. The maximum Gasteiger partial charge on any atom is 0.243 e. The number of benzene rings is 1. The Morgan fingerprint density at radius 1 is 1.03 bits per heavy atom. The van der Waals surface area contributed by atoms with Crippen LogP contribution in [-0.4, -0.2) is 63.0 Å². The Hall–Kier alpha value is -3.60. The van der Waals surface area contributed by atoms with Crippen molar-refractivity contribution in [3.8, 4) is 22.6 Å². The summed E-state index contributed by atoms with van der Waals surface area (Å²) in [5.74, 6) is 1.33. The van der Waals surface area contributed by atoms with E-state index in [0.29, 0.717) is 30.3 Å². The second-order valence-electron chi connectivity index (χ2n) is 8.58. The Morgan fingerprint density at radius 2 is 1.86 bits per heavy atom. The molecule has 1 aromatic carbocycles. The van der Waals surface area contributed by atoms with Crippen LogP contribution in [0.15, 0.2) is 78.2 Å². The normalized spacial score (nSPS) is 18.9. The van der Waals surface area contributed by atoms with Crippen molar-refractivity contribution >= 4 is 15.8 Å². The third kappa shape index (κ3) is 4.95. The topological polar surface area (TPSA) is 124 Å². The van der Waals surface area contributed by atoms with E-state index >= 15 is 0 Å². The average Bonchev–Trinajstić information content (AvgIpc) is 3.42. The molecule has 35 heavy (non-hydrogen) atoms. The van der Waals surface area contributed by atoms with Gasteiger partial charge in [0.1, 0.15) is 11.5 Å². The van der Waals surface area contributed by atoms with Gasteiger partial charge in [-0.05, 0) is 60.4 Å². The Labute approximate surface area is 204 Å². The van der Waals surface area contributed by atoms with Gasteiger partial charge >= 0.3 is 0 Å². The number of hydrogen-bond acceptors (Lipinski definition) is 7. The van der Waals surface area contributed by atoms with Gasteiger partial charge in [0, 0.05) is 37.9 Å². The standard InChI is InChI=1S/C25H26N6O3S/c1-17-2-7-24(29-15-17)30-21-9-13-31(16-23(21)32)35(33,34)20-5-3-18(4-6-20)19-8-10-26-22(14-19)25-27-11-12-28-25/h2-8,10-12,14-15,21,23,32H,9,13,16H2,1H3,(H,27,28)(H,29,30)/t21-,23+/m1/s1. The lowest BCUT2D eigenvalue weighted by Gasteiger charge is -2.35. The second kappa shape index (κ2) is 9.57. The van der Waals surface area contributed by atoms with E-state index in [1.807, 2.05) is 31.2 Å². The monoisotopic (exact) mass is 490 g/mol. The fraction of sp³-hybridized carbons (Fsp3) is 0.240. The highest BCUT2D eigenvalue weighted by Gasteiger charge is 2.34. The largest absolute Gasteiger partial charge is 0.390 e. The number of aromatic amines is 1. The highest BCUT2D eigenvalue weighted by molar-refractivity contribution is 7.89. The van der Waals surface area contributed by atoms with Crippen molar-refractivity contribution in [3.63, 3.8) is 0 Å². The van der Waals surface area contributed by atoms with E-state index in [9.17, 15) is 13.5 Å². The number of rotatable bonds is 6. The van der Waals surface area contributed by atoms with Gasteiger partial charge < -0.3 is 15.4 Å². The molecule has 1 aliphatic heterocycles. The zero-order valence-electron chi connectivity index (χ0n) is 19.2. The fourth-order valence-corrected chi connectivity index (χ4v) is 5.62. The van der Waals surface area contributed by atoms with Crippen LogP contribution in [-0.2, 0) is 10.0 Å². The Kier molecular flexibility index (Phi) is 6.33. The zero-order valence-corrected chi connectivity index (χ0v) is 20.0. The smallest absolute Gasteiger partial charge is 0.243 e. The van der Waals surface area contributed by atoms with E-state index in [-0.39, 0.29) is 17.5 Å². The van der Waals surface area contributed by atoms with Crippen molar-refractivity contribution in [2.75, 3.05) is 18.4 Å². The molecule has 3 N–H and O–H groups in total. The number of nitrogens with zero attached hydrogens (tertiary/aromatic N) is 4. The SMILES string of the molecule is Cc1ccc(N[C@@H]2CCN(S(=O)(=O)c3ccc(-c4ccnc(-c5ncc[nH]5)c4)cc3)C[C@@H]2O)nc1. The first-order chi connectivity index (χ1) is 16.9. The van der Waals surface area contributed by atoms with Crippen molar-refractivity contribution in [3.05, 3.63) is 78.9 Å². The summed E-state index contributed by atoms with van der Waals surface area (Å²) < 4.78 is 27.8. The molecule has 9 nitrogen and oxygen atoms in total. The predicted octanol–water partition coefficient (Wildman–Crippen LogP) is 3.08. The van der Waals surface area contributed by atoms with Crippen molar-refractivity contribution < 1.29 is 13.5 Å². The van der Waals surface area contributed by atoms with Crippen molar-refractivity contribution in [1.82, 2.24) is 24.2 Å². The number of aromatic nitrogens is 4. The lowest BCUT2D eigenvalue weighted by molar-refractivity contribution is 0.0949. The fourth-order valence-electron chi connectivity index (χ4n) is 4.15. The second-order valence-corrected chi connectivity index (χ2v) is 10.5. The summed E-state index contributed by atoms with van der Waals surface area (Å²) in [5.41, 5.74) is 3.52. The lowest BCUT2D eigenvalue weighted by Crippen LogP contribution is -2.51. The molecule has 4 heterocycles. The number of aliphatic hydroxyl groups is 1. The van der Waals surface area contributed by atoms with Crippen molar-refractivity contribution in [2.45, 2.75) is 30.4 Å². The summed E-state index contributed by atoms with van der Waals surface area (Å²) in [7, 11) is -3.74. The Morgan fingerprint density at radius 3 is 2.54 bits per heavy atom. The number of imidazole rings is 1. The van der Waals surface area contributed by atoms with Crippen LogP contribution < -0.4 is 5.32 Å². The number of H-pyrrole nitrogens is 1. The molecule has 5 rings (SSSR count). The number of sulfonamides is 1. The van der Waals surface area contributed by atoms with Gasteiger partial charge in [0.05, 0.1) is 17.0 Å². The van der Waals surface area contributed by atoms with Crippen molar-refractivity contribution in [1.29, 1.82) is 0 Å². The van der Waals surface area contributed by atoms with Crippen LogP contribution >= 0.6 is 0 Å². The first-order valence-electron chi connectivity index (χ1n) is 11.3. The van der Waals surface area contributed by atoms with Gasteiger partial charge in [0.15, 0.2) is 5.82 Å². The number of aryl methyl sites for hydroxylation is 1. The quantitative estimate of drug-likeness (QED) is 0.379. The molecule has 1 aliphatic rings. The van der Waals surface area contributed by atoms with Gasteiger partial charge in [-0.3, -0.25) is 4.98 Å². The summed E-state index contributed by atoms with van der Waals surface area (Å²) in [6.45, 7) is 2.28. The van der Waals surface area contributed by atoms with E-state index in [2.05, 4.69) is 25.3 Å². The van der Waals surface area contributed by atoms with Gasteiger partial charge in [0.25, 0.3) is 0 Å². The van der Waals surface area contributed by atoms with Gasteiger partial charge in [-0.1, -0.05) is 18.2 Å². The van der Waals surface area contributed by atoms with Gasteiger partial charge in [-0.15, -0.1) is 0 Å². The summed E-state index contributed by atoms with van der Waals surface area (Å²) in [4.78, 5) is 16.1. The van der Waals surface area contributed by atoms with E-state index in [1.54, 1.807) is 49.1 Å². The van der Waals surface area contributed by atoms with Crippen LogP contribution in [0.25, 0.3) is 22.6 Å². The molecule has 1 fully saturated rings. The number of piperidine rings is 1. The van der Waals surface area contributed by atoms with Crippen LogP contribution in [0.1, 0.15) is 12.0 Å². The van der Waals surface area contributed by atoms with Crippen LogP contribution in [0.2, 0.25) is 0 Å². The molecule has 0 unspecified atom stereocenters. The zero-order chi connectivity index (χ0) is 24.4. The minimum atomic E-state index is -3.74. The van der Waals surface area contributed by atoms with E-state index < -0.39 is 16.1 Å². The molecule has 1 saturated heterocycles. The number of anilines is 1. The first-order valence-corrected chi connectivity index (χ1v) is 12.8. The minimum absolute atomic E-state index is 0.0183. The van der Waals surface area contributed by atoms with Crippen LogP contribution in [0.3, 0.4) is 0 Å². The first kappa shape index (κ1) is 23.2. The van der Waals surface area contributed by atoms with Gasteiger partial charge in [-0.25, -0.2) is 18.4 Å². The molecule has 2 atom stereocenters. The number of pyridine rings is 2. The third-order valence-electron chi connectivity index (χ3n) is 6.12. The van der Waals surface area contributed by atoms with Crippen LogP contribution in [0, 0.1) is 6.92 Å². The molecule has 0 radical (unpaired) electrons. The molecule has 10 heteroatoms. The van der Waals surface area contributed by atoms with Crippen molar-refractivity contribution in [2.24, 2.45) is 0 Å². The maximum absolute atomic E-state index is 13.3. The molecule has 0 aliphatic carbocycles. The highest BCUT2D eigenvalue weighted by Crippen LogP contribution is 2.27. The lowest BCUT2D eigenvalue weighted by atomic mass is 10.0. The van der Waals surface area contributed by atoms with Gasteiger partial charge in [0.2, 0.25) is 10.0 Å². The maximum atomic E-state index is 13.3. The summed E-state index contributed by atoms with van der Waals surface area (Å²) in [5, 5.41) is 13.9. The molecular formula is C25H26N6O3S.